The Hall–Kier alpha value is -2.64. The third-order valence-corrected chi connectivity index (χ3v) is 5.59. The summed E-state index contributed by atoms with van der Waals surface area (Å²) in [5.41, 5.74) is 3.67. The monoisotopic (exact) mass is 427 g/mol. The molecule has 1 amide bonds. The van der Waals surface area contributed by atoms with Crippen molar-refractivity contribution >= 4 is 27.7 Å². The molecule has 0 radical (unpaired) electrons. The van der Waals surface area contributed by atoms with Crippen molar-refractivity contribution in [3.8, 4) is 0 Å². The van der Waals surface area contributed by atoms with Crippen molar-refractivity contribution in [2.45, 2.75) is 32.4 Å². The minimum absolute atomic E-state index is 0.175. The van der Waals surface area contributed by atoms with Crippen LogP contribution in [0.3, 0.4) is 0 Å². The van der Waals surface area contributed by atoms with Crippen molar-refractivity contribution in [2.24, 2.45) is 0 Å². The quantitative estimate of drug-likeness (QED) is 0.633. The van der Waals surface area contributed by atoms with Gasteiger partial charge in [0.2, 0.25) is 15.9 Å². The Labute approximate surface area is 179 Å². The summed E-state index contributed by atoms with van der Waals surface area (Å²) in [6.07, 6.45) is 8.20. The maximum absolute atomic E-state index is 12.1. The summed E-state index contributed by atoms with van der Waals surface area (Å²) in [6.45, 7) is 3.83. The van der Waals surface area contributed by atoms with Gasteiger partial charge in [0.25, 0.3) is 0 Å². The minimum atomic E-state index is -3.29. The molecule has 2 N–H and O–H groups in total. The fraction of sp³-hybridized carbons (Fsp3) is 0.348. The number of nitrogens with zero attached hydrogens (tertiary/aromatic N) is 1. The molecule has 30 heavy (non-hydrogen) atoms. The van der Waals surface area contributed by atoms with Gasteiger partial charge in [-0.25, -0.2) is 8.42 Å². The second-order valence-electron chi connectivity index (χ2n) is 7.70. The van der Waals surface area contributed by atoms with Crippen molar-refractivity contribution in [2.75, 3.05) is 24.1 Å². The Balaban J connectivity index is 1.44. The molecule has 6 nitrogen and oxygen atoms in total. The topological polar surface area (TPSA) is 78.5 Å². The number of carbonyl (C=O) groups is 1. The second kappa shape index (κ2) is 10.4. The molecule has 1 aliphatic heterocycles. The van der Waals surface area contributed by atoms with Gasteiger partial charge in [-0.3, -0.25) is 14.4 Å². The van der Waals surface area contributed by atoms with Crippen molar-refractivity contribution in [3.05, 3.63) is 71.3 Å². The Kier molecular flexibility index (Phi) is 7.65. The van der Waals surface area contributed by atoms with Crippen LogP contribution >= 0.6 is 0 Å². The van der Waals surface area contributed by atoms with E-state index < -0.39 is 10.0 Å². The largest absolute Gasteiger partial charge is 0.348 e. The fourth-order valence-electron chi connectivity index (χ4n) is 3.43. The van der Waals surface area contributed by atoms with Crippen LogP contribution < -0.4 is 10.0 Å². The number of amides is 1. The molecule has 0 atom stereocenters. The molecule has 0 saturated carbocycles. The van der Waals surface area contributed by atoms with E-state index in [1.165, 1.54) is 44.0 Å². The van der Waals surface area contributed by atoms with E-state index in [0.717, 1.165) is 23.9 Å². The predicted molar refractivity (Wildman–Crippen MR) is 121 cm³/mol. The van der Waals surface area contributed by atoms with E-state index in [-0.39, 0.29) is 5.91 Å². The van der Waals surface area contributed by atoms with E-state index in [4.69, 9.17) is 0 Å². The molecule has 0 aromatic heterocycles. The van der Waals surface area contributed by atoms with E-state index in [2.05, 4.69) is 39.2 Å². The lowest BCUT2D eigenvalue weighted by Crippen LogP contribution is -2.29. The molecule has 3 rings (SSSR count). The number of nitrogens with one attached hydrogen (secondary N) is 2. The molecule has 2 aromatic rings. The predicted octanol–water partition coefficient (Wildman–Crippen LogP) is 3.37. The molecular weight excluding hydrogens is 398 g/mol. The summed E-state index contributed by atoms with van der Waals surface area (Å²) in [5.74, 6) is -0.175. The second-order valence-corrected chi connectivity index (χ2v) is 9.45. The standard InChI is InChI=1S/C23H29N3O3S/c1-30(28,29)25-22-12-9-19(10-13-22)11-14-23(27)24-17-20-5-7-21(8-6-20)18-26-15-3-2-4-16-26/h5-14,25H,2-4,15-18H2,1H3,(H,24,27)/b14-11+. The van der Waals surface area contributed by atoms with E-state index >= 15 is 0 Å². The number of benzene rings is 2. The van der Waals surface area contributed by atoms with Gasteiger partial charge in [0.1, 0.15) is 0 Å². The zero-order valence-electron chi connectivity index (χ0n) is 17.3. The maximum atomic E-state index is 12.1. The van der Waals surface area contributed by atoms with Crippen LogP contribution in [0.4, 0.5) is 5.69 Å². The number of hydrogen-bond donors (Lipinski definition) is 2. The summed E-state index contributed by atoms with van der Waals surface area (Å²) in [4.78, 5) is 14.6. The fourth-order valence-corrected chi connectivity index (χ4v) is 4.00. The highest BCUT2D eigenvalue weighted by Crippen LogP contribution is 2.14. The number of likely N-dealkylation sites (tertiary alicyclic amines) is 1. The number of sulfonamides is 1. The van der Waals surface area contributed by atoms with Crippen LogP contribution in [0.25, 0.3) is 6.08 Å². The molecule has 160 valence electrons. The summed E-state index contributed by atoms with van der Waals surface area (Å²) >= 11 is 0. The van der Waals surface area contributed by atoms with Gasteiger partial charge in [0.15, 0.2) is 0 Å². The molecule has 1 saturated heterocycles. The van der Waals surface area contributed by atoms with Gasteiger partial charge in [-0.1, -0.05) is 42.8 Å². The zero-order chi connectivity index (χ0) is 21.4. The average molecular weight is 428 g/mol. The lowest BCUT2D eigenvalue weighted by Gasteiger charge is -2.26. The summed E-state index contributed by atoms with van der Waals surface area (Å²) < 4.78 is 24.8. The van der Waals surface area contributed by atoms with Gasteiger partial charge in [-0.15, -0.1) is 0 Å². The molecule has 0 spiro atoms. The molecule has 0 aliphatic carbocycles. The number of hydrogen-bond acceptors (Lipinski definition) is 4. The van der Waals surface area contributed by atoms with Crippen LogP contribution in [0, 0.1) is 0 Å². The Morgan fingerprint density at radius 3 is 2.23 bits per heavy atom. The Bertz CT molecular complexity index is 962. The van der Waals surface area contributed by atoms with Crippen LogP contribution in [0.2, 0.25) is 0 Å². The van der Waals surface area contributed by atoms with Crippen LogP contribution in [-0.2, 0) is 27.9 Å². The molecular formula is C23H29N3O3S. The van der Waals surface area contributed by atoms with Crippen molar-refractivity contribution in [3.63, 3.8) is 0 Å². The van der Waals surface area contributed by atoms with Crippen molar-refractivity contribution < 1.29 is 13.2 Å². The van der Waals surface area contributed by atoms with Gasteiger partial charge in [0.05, 0.1) is 6.26 Å². The minimum Gasteiger partial charge on any atom is -0.348 e. The normalized spacial score (nSPS) is 15.2. The van der Waals surface area contributed by atoms with Crippen molar-refractivity contribution in [1.82, 2.24) is 10.2 Å². The number of rotatable bonds is 8. The van der Waals surface area contributed by atoms with Gasteiger partial charge in [0, 0.05) is 24.9 Å². The molecule has 0 unspecified atom stereocenters. The van der Waals surface area contributed by atoms with E-state index in [1.807, 2.05) is 0 Å². The van der Waals surface area contributed by atoms with Gasteiger partial charge in [-0.05, 0) is 60.8 Å². The molecule has 1 heterocycles. The van der Waals surface area contributed by atoms with Crippen LogP contribution in [0.1, 0.15) is 36.0 Å². The first-order chi connectivity index (χ1) is 14.4. The first-order valence-electron chi connectivity index (χ1n) is 10.2. The van der Waals surface area contributed by atoms with Gasteiger partial charge < -0.3 is 5.32 Å². The first-order valence-corrected chi connectivity index (χ1v) is 12.1. The summed E-state index contributed by atoms with van der Waals surface area (Å²) in [6, 6.07) is 15.2. The molecule has 0 bridgehead atoms. The molecule has 7 heteroatoms. The molecule has 1 fully saturated rings. The lowest BCUT2D eigenvalue weighted by atomic mass is 10.1. The highest BCUT2D eigenvalue weighted by Gasteiger charge is 2.10. The van der Waals surface area contributed by atoms with E-state index in [9.17, 15) is 13.2 Å². The van der Waals surface area contributed by atoms with E-state index in [0.29, 0.717) is 12.2 Å². The summed E-state index contributed by atoms with van der Waals surface area (Å²) in [5, 5.41) is 2.88. The highest BCUT2D eigenvalue weighted by molar-refractivity contribution is 7.92. The summed E-state index contributed by atoms with van der Waals surface area (Å²) in [7, 11) is -3.29. The van der Waals surface area contributed by atoms with Crippen LogP contribution in [0.5, 0.6) is 0 Å². The van der Waals surface area contributed by atoms with Crippen molar-refractivity contribution in [1.29, 1.82) is 0 Å². The molecule has 2 aromatic carbocycles. The Morgan fingerprint density at radius 1 is 0.967 bits per heavy atom. The number of anilines is 1. The van der Waals surface area contributed by atoms with E-state index in [1.54, 1.807) is 30.3 Å². The number of piperidine rings is 1. The van der Waals surface area contributed by atoms with Gasteiger partial charge in [-0.2, -0.15) is 0 Å². The van der Waals surface area contributed by atoms with Crippen LogP contribution in [0.15, 0.2) is 54.6 Å². The molecule has 1 aliphatic rings. The third kappa shape index (κ3) is 7.65. The smallest absolute Gasteiger partial charge is 0.244 e. The van der Waals surface area contributed by atoms with Gasteiger partial charge >= 0.3 is 0 Å². The zero-order valence-corrected chi connectivity index (χ0v) is 18.1. The third-order valence-electron chi connectivity index (χ3n) is 4.99. The lowest BCUT2D eigenvalue weighted by molar-refractivity contribution is -0.116. The first kappa shape index (κ1) is 22.1. The Morgan fingerprint density at radius 2 is 1.60 bits per heavy atom. The highest BCUT2D eigenvalue weighted by atomic mass is 32.2. The number of carbonyl (C=O) groups excluding carboxylic acids is 1. The van der Waals surface area contributed by atoms with Crippen LogP contribution in [-0.4, -0.2) is 38.6 Å². The average Bonchev–Trinajstić information content (AvgIpc) is 2.72. The SMILES string of the molecule is CS(=O)(=O)Nc1ccc(/C=C/C(=O)NCc2ccc(CN3CCCCC3)cc2)cc1. The maximum Gasteiger partial charge on any atom is 0.244 e.